The van der Waals surface area contributed by atoms with Gasteiger partial charge in [-0.1, -0.05) is 11.6 Å². The molecule has 106 valence electrons. The fourth-order valence-corrected chi connectivity index (χ4v) is 3.14. The number of carbonyl (C=O) groups excluding carboxylic acids is 1. The maximum absolute atomic E-state index is 12.5. The highest BCUT2D eigenvalue weighted by Gasteiger charge is 2.28. The van der Waals surface area contributed by atoms with Crippen molar-refractivity contribution in [1.29, 1.82) is 0 Å². The number of halogens is 1. The quantitative estimate of drug-likeness (QED) is 0.805. The molecular formula is C16H18ClNO2. The maximum Gasteiger partial charge on any atom is 0.289 e. The molecule has 1 aliphatic rings. The van der Waals surface area contributed by atoms with Gasteiger partial charge in [0.2, 0.25) is 0 Å². The second kappa shape index (κ2) is 5.49. The summed E-state index contributed by atoms with van der Waals surface area (Å²) < 4.78 is 5.68. The number of rotatable bonds is 3. The second-order valence-electron chi connectivity index (χ2n) is 5.54. The summed E-state index contributed by atoms with van der Waals surface area (Å²) in [5, 5.41) is 0.991. The number of aryl methyl sites for hydroxylation is 1. The molecule has 0 spiro atoms. The van der Waals surface area contributed by atoms with Crippen LogP contribution < -0.4 is 0 Å². The molecule has 1 aromatic carbocycles. The molecule has 0 N–H and O–H groups in total. The summed E-state index contributed by atoms with van der Waals surface area (Å²) in [7, 11) is 0. The Hall–Kier alpha value is -1.48. The lowest BCUT2D eigenvalue weighted by molar-refractivity contribution is 0.0757. The molecule has 3 rings (SSSR count). The van der Waals surface area contributed by atoms with Crippen molar-refractivity contribution in [1.82, 2.24) is 4.90 Å². The Morgan fingerprint density at radius 1 is 1.45 bits per heavy atom. The van der Waals surface area contributed by atoms with Gasteiger partial charge in [-0.2, -0.15) is 0 Å². The Balaban J connectivity index is 1.79. The Kier molecular flexibility index (Phi) is 3.70. The van der Waals surface area contributed by atoms with Gasteiger partial charge in [0, 0.05) is 24.4 Å². The molecule has 20 heavy (non-hydrogen) atoms. The van der Waals surface area contributed by atoms with Gasteiger partial charge in [-0.15, -0.1) is 11.6 Å². The first-order chi connectivity index (χ1) is 9.67. The fourth-order valence-electron chi connectivity index (χ4n) is 2.83. The van der Waals surface area contributed by atoms with E-state index in [0.717, 1.165) is 36.9 Å². The van der Waals surface area contributed by atoms with Crippen LogP contribution in [-0.4, -0.2) is 29.8 Å². The van der Waals surface area contributed by atoms with Crippen molar-refractivity contribution >= 4 is 28.5 Å². The van der Waals surface area contributed by atoms with E-state index in [1.54, 1.807) is 0 Å². The monoisotopic (exact) mass is 291 g/mol. The molecule has 1 aromatic heterocycles. The number of alkyl halides is 1. The SMILES string of the molecule is Cc1ccc2oc(C(=O)N3CCC(CCCl)C3)cc2c1. The first-order valence-corrected chi connectivity index (χ1v) is 7.56. The van der Waals surface area contributed by atoms with Gasteiger partial charge in [-0.3, -0.25) is 4.79 Å². The highest BCUT2D eigenvalue weighted by atomic mass is 35.5. The fraction of sp³-hybridized carbons (Fsp3) is 0.438. The minimum absolute atomic E-state index is 0.00377. The van der Waals surface area contributed by atoms with E-state index < -0.39 is 0 Å². The Morgan fingerprint density at radius 2 is 2.30 bits per heavy atom. The van der Waals surface area contributed by atoms with Crippen LogP contribution in [0.25, 0.3) is 11.0 Å². The molecule has 0 saturated carbocycles. The van der Waals surface area contributed by atoms with E-state index in [4.69, 9.17) is 16.0 Å². The molecule has 0 aliphatic carbocycles. The number of amides is 1. The second-order valence-corrected chi connectivity index (χ2v) is 5.91. The van der Waals surface area contributed by atoms with Crippen LogP contribution in [0.1, 0.15) is 29.0 Å². The van der Waals surface area contributed by atoms with Gasteiger partial charge < -0.3 is 9.32 Å². The smallest absolute Gasteiger partial charge is 0.289 e. The topological polar surface area (TPSA) is 33.5 Å². The molecule has 1 aliphatic heterocycles. The van der Waals surface area contributed by atoms with E-state index in [-0.39, 0.29) is 5.91 Å². The maximum atomic E-state index is 12.5. The van der Waals surface area contributed by atoms with Gasteiger partial charge in [0.1, 0.15) is 5.58 Å². The number of likely N-dealkylation sites (tertiary alicyclic amines) is 1. The van der Waals surface area contributed by atoms with Crippen LogP contribution in [-0.2, 0) is 0 Å². The summed E-state index contributed by atoms with van der Waals surface area (Å²) in [6.07, 6.45) is 2.02. The summed E-state index contributed by atoms with van der Waals surface area (Å²) in [6.45, 7) is 3.63. The van der Waals surface area contributed by atoms with Gasteiger partial charge in [0.15, 0.2) is 5.76 Å². The molecule has 3 nitrogen and oxygen atoms in total. The third-order valence-corrected chi connectivity index (χ3v) is 4.19. The molecule has 1 amide bonds. The van der Waals surface area contributed by atoms with Crippen LogP contribution >= 0.6 is 11.6 Å². The molecule has 4 heteroatoms. The third-order valence-electron chi connectivity index (χ3n) is 3.97. The number of benzene rings is 1. The van der Waals surface area contributed by atoms with E-state index in [2.05, 4.69) is 0 Å². The third kappa shape index (κ3) is 2.55. The van der Waals surface area contributed by atoms with E-state index in [9.17, 15) is 4.79 Å². The summed E-state index contributed by atoms with van der Waals surface area (Å²) in [6, 6.07) is 7.80. The average Bonchev–Trinajstić information content (AvgIpc) is 3.04. The standard InChI is InChI=1S/C16H18ClNO2/c1-11-2-3-14-13(8-11)9-15(20-14)16(19)18-7-5-12(10-18)4-6-17/h2-3,8-9,12H,4-7,10H2,1H3. The van der Waals surface area contributed by atoms with Crippen LogP contribution in [0.4, 0.5) is 0 Å². The molecular weight excluding hydrogens is 274 g/mol. The van der Waals surface area contributed by atoms with Gasteiger partial charge in [0.25, 0.3) is 5.91 Å². The summed E-state index contributed by atoms with van der Waals surface area (Å²) in [5.41, 5.74) is 1.94. The lowest BCUT2D eigenvalue weighted by Gasteiger charge is -2.14. The van der Waals surface area contributed by atoms with Crippen molar-refractivity contribution in [2.75, 3.05) is 19.0 Å². The van der Waals surface area contributed by atoms with E-state index >= 15 is 0 Å². The van der Waals surface area contributed by atoms with Gasteiger partial charge in [0.05, 0.1) is 0 Å². The largest absolute Gasteiger partial charge is 0.451 e. The number of hydrogen-bond donors (Lipinski definition) is 0. The van der Waals surface area contributed by atoms with Crippen molar-refractivity contribution < 1.29 is 9.21 Å². The predicted molar refractivity (Wildman–Crippen MR) is 80.3 cm³/mol. The zero-order chi connectivity index (χ0) is 14.1. The highest BCUT2D eigenvalue weighted by Crippen LogP contribution is 2.25. The molecule has 0 radical (unpaired) electrons. The van der Waals surface area contributed by atoms with Crippen molar-refractivity contribution in [2.24, 2.45) is 5.92 Å². The zero-order valence-corrected chi connectivity index (χ0v) is 12.3. The van der Waals surface area contributed by atoms with E-state index in [1.165, 1.54) is 5.56 Å². The van der Waals surface area contributed by atoms with Crippen molar-refractivity contribution in [3.05, 3.63) is 35.6 Å². The van der Waals surface area contributed by atoms with Crippen molar-refractivity contribution in [2.45, 2.75) is 19.8 Å². The molecule has 1 unspecified atom stereocenters. The van der Waals surface area contributed by atoms with Crippen molar-refractivity contribution in [3.8, 4) is 0 Å². The van der Waals surface area contributed by atoms with Crippen LogP contribution in [0.3, 0.4) is 0 Å². The Labute approximate surface area is 123 Å². The first-order valence-electron chi connectivity index (χ1n) is 7.03. The van der Waals surface area contributed by atoms with Crippen molar-refractivity contribution in [3.63, 3.8) is 0 Å². The number of fused-ring (bicyclic) bond motifs is 1. The van der Waals surface area contributed by atoms with Gasteiger partial charge >= 0.3 is 0 Å². The normalized spacial score (nSPS) is 18.9. The lowest BCUT2D eigenvalue weighted by atomic mass is 10.1. The Morgan fingerprint density at radius 3 is 3.10 bits per heavy atom. The average molecular weight is 292 g/mol. The highest BCUT2D eigenvalue weighted by molar-refractivity contribution is 6.17. The van der Waals surface area contributed by atoms with Gasteiger partial charge in [-0.25, -0.2) is 0 Å². The van der Waals surface area contributed by atoms with Crippen LogP contribution in [0.2, 0.25) is 0 Å². The van der Waals surface area contributed by atoms with Gasteiger partial charge in [-0.05, 0) is 43.9 Å². The summed E-state index contributed by atoms with van der Waals surface area (Å²) in [5.74, 6) is 1.63. The molecule has 2 heterocycles. The minimum atomic E-state index is -0.00377. The summed E-state index contributed by atoms with van der Waals surface area (Å²) in [4.78, 5) is 14.3. The number of carbonyl (C=O) groups is 1. The predicted octanol–water partition coefficient (Wildman–Crippen LogP) is 3.83. The van der Waals surface area contributed by atoms with Crippen LogP contribution in [0, 0.1) is 12.8 Å². The molecule has 1 fully saturated rings. The molecule has 1 atom stereocenters. The molecule has 0 bridgehead atoms. The zero-order valence-electron chi connectivity index (χ0n) is 11.6. The number of nitrogens with zero attached hydrogens (tertiary/aromatic N) is 1. The molecule has 2 aromatic rings. The summed E-state index contributed by atoms with van der Waals surface area (Å²) >= 11 is 5.77. The van der Waals surface area contributed by atoms with E-state index in [1.807, 2.05) is 36.1 Å². The van der Waals surface area contributed by atoms with Crippen LogP contribution in [0.5, 0.6) is 0 Å². The Bertz CT molecular complexity index is 634. The lowest BCUT2D eigenvalue weighted by Crippen LogP contribution is -2.28. The minimum Gasteiger partial charge on any atom is -0.451 e. The van der Waals surface area contributed by atoms with E-state index in [0.29, 0.717) is 17.6 Å². The number of furan rings is 1. The first kappa shape index (κ1) is 13.5. The van der Waals surface area contributed by atoms with Crippen LogP contribution in [0.15, 0.2) is 28.7 Å². The molecule has 1 saturated heterocycles. The number of hydrogen-bond acceptors (Lipinski definition) is 2.